The van der Waals surface area contributed by atoms with Crippen LogP contribution in [0.5, 0.6) is 17.2 Å². The van der Waals surface area contributed by atoms with Gasteiger partial charge in [0.25, 0.3) is 5.91 Å². The number of Topliss-reactive ketones (excluding diaryl/α,β-unsaturated/α-hetero) is 2. The highest BCUT2D eigenvalue weighted by Gasteiger charge is 2.39. The number of anilines is 1. The van der Waals surface area contributed by atoms with Crippen molar-refractivity contribution in [2.24, 2.45) is 0 Å². The normalized spacial score (nSPS) is 17.8. The Hall–Kier alpha value is -4.84. The number of amides is 2. The monoisotopic (exact) mass is 664 g/mol. The molecule has 5 rings (SSSR count). The summed E-state index contributed by atoms with van der Waals surface area (Å²) in [4.78, 5) is 52.8. The number of benzene rings is 3. The van der Waals surface area contributed by atoms with Gasteiger partial charge >= 0.3 is 6.09 Å². The summed E-state index contributed by atoms with van der Waals surface area (Å²) >= 11 is 0. The molecular formula is C36H38F2N2O8. The van der Waals surface area contributed by atoms with Gasteiger partial charge in [0, 0.05) is 36.7 Å². The minimum Gasteiger partial charge on any atom is -0.489 e. The maximum Gasteiger partial charge on any atom is 0.411 e. The van der Waals surface area contributed by atoms with Gasteiger partial charge in [-0.3, -0.25) is 19.7 Å². The number of nitrogens with zero attached hydrogens (tertiary/aromatic N) is 1. The van der Waals surface area contributed by atoms with Crippen LogP contribution in [-0.4, -0.2) is 51.8 Å². The smallest absolute Gasteiger partial charge is 0.411 e. The van der Waals surface area contributed by atoms with Crippen molar-refractivity contribution in [3.63, 3.8) is 0 Å². The number of halogens is 2. The predicted octanol–water partition coefficient (Wildman–Crippen LogP) is 6.86. The first-order chi connectivity index (χ1) is 23.0. The van der Waals surface area contributed by atoms with E-state index in [2.05, 4.69) is 5.32 Å². The molecule has 2 amide bonds. The standard InChI is InChI=1S/C36H38F2N2O8/c1-3-25(42)10-17-32(21(2)41)40-19-22-4-5-23(34(33(22)35(40)44)48-28-13-8-26(43)9-14-28)20-46-36(45)39-24-6-11-27(12-7-24)47-29-15-16-30(37)31(38)18-29/h4-7,11-12,15-16,18,26,28,32,43H,3,8-10,13-14,17,19-20H2,1-2H3,(H,39,45). The topological polar surface area (TPSA) is 131 Å². The van der Waals surface area contributed by atoms with Crippen LogP contribution >= 0.6 is 0 Å². The second kappa shape index (κ2) is 15.4. The molecule has 1 saturated carbocycles. The number of aliphatic hydroxyl groups excluding tert-OH is 1. The Morgan fingerprint density at radius 2 is 1.69 bits per heavy atom. The second-order valence-electron chi connectivity index (χ2n) is 12.0. The molecular weight excluding hydrogens is 626 g/mol. The van der Waals surface area contributed by atoms with Crippen LogP contribution in [0.1, 0.15) is 80.3 Å². The summed E-state index contributed by atoms with van der Waals surface area (Å²) in [6.45, 7) is 3.12. The van der Waals surface area contributed by atoms with E-state index in [1.165, 1.54) is 30.0 Å². The number of nitrogens with one attached hydrogen (secondary N) is 1. The maximum absolute atomic E-state index is 13.9. The molecule has 1 unspecified atom stereocenters. The quantitative estimate of drug-likeness (QED) is 0.203. The molecule has 48 heavy (non-hydrogen) atoms. The summed E-state index contributed by atoms with van der Waals surface area (Å²) in [7, 11) is 0. The zero-order valence-electron chi connectivity index (χ0n) is 26.8. The van der Waals surface area contributed by atoms with Gasteiger partial charge in [-0.25, -0.2) is 13.6 Å². The molecule has 0 aromatic heterocycles. The summed E-state index contributed by atoms with van der Waals surface area (Å²) < 4.78 is 44.1. The fourth-order valence-corrected chi connectivity index (χ4v) is 5.89. The summed E-state index contributed by atoms with van der Waals surface area (Å²) in [5.74, 6) is -1.90. The Balaban J connectivity index is 1.29. The number of carbonyl (C=O) groups is 4. The van der Waals surface area contributed by atoms with Crippen molar-refractivity contribution < 1.29 is 47.3 Å². The van der Waals surface area contributed by atoms with Crippen molar-refractivity contribution in [2.75, 3.05) is 5.32 Å². The molecule has 1 aliphatic heterocycles. The molecule has 0 saturated heterocycles. The number of aliphatic hydroxyl groups is 1. The molecule has 12 heteroatoms. The lowest BCUT2D eigenvalue weighted by Gasteiger charge is -2.28. The van der Waals surface area contributed by atoms with Gasteiger partial charge in [-0.2, -0.15) is 0 Å². The van der Waals surface area contributed by atoms with Gasteiger partial charge < -0.3 is 24.2 Å². The third kappa shape index (κ3) is 8.35. The molecule has 0 radical (unpaired) electrons. The first-order valence-electron chi connectivity index (χ1n) is 16.0. The summed E-state index contributed by atoms with van der Waals surface area (Å²) in [6, 6.07) is 12.1. The average Bonchev–Trinajstić information content (AvgIpc) is 3.40. The number of ether oxygens (including phenoxy) is 3. The van der Waals surface area contributed by atoms with Crippen molar-refractivity contribution >= 4 is 29.3 Å². The molecule has 3 aromatic carbocycles. The Labute approximate surface area is 277 Å². The Morgan fingerprint density at radius 3 is 2.35 bits per heavy atom. The van der Waals surface area contributed by atoms with Crippen molar-refractivity contribution in [2.45, 2.75) is 90.2 Å². The first kappa shape index (κ1) is 34.5. The molecule has 1 heterocycles. The van der Waals surface area contributed by atoms with Gasteiger partial charge in [-0.1, -0.05) is 19.1 Å². The van der Waals surface area contributed by atoms with E-state index >= 15 is 0 Å². The van der Waals surface area contributed by atoms with E-state index in [1.54, 1.807) is 31.2 Å². The van der Waals surface area contributed by atoms with Crippen molar-refractivity contribution in [1.29, 1.82) is 0 Å². The highest BCUT2D eigenvalue weighted by Crippen LogP contribution is 2.38. The van der Waals surface area contributed by atoms with E-state index in [0.717, 1.165) is 12.1 Å². The minimum atomic E-state index is -1.04. The zero-order valence-corrected chi connectivity index (χ0v) is 26.8. The van der Waals surface area contributed by atoms with Crippen LogP contribution in [0.3, 0.4) is 0 Å². The largest absolute Gasteiger partial charge is 0.489 e. The van der Waals surface area contributed by atoms with Gasteiger partial charge in [0.15, 0.2) is 17.4 Å². The summed E-state index contributed by atoms with van der Waals surface area (Å²) in [6.07, 6.45) is 1.57. The molecule has 10 nitrogen and oxygen atoms in total. The van der Waals surface area contributed by atoms with Crippen molar-refractivity contribution in [1.82, 2.24) is 4.90 Å². The minimum absolute atomic E-state index is 0.0117. The van der Waals surface area contributed by atoms with E-state index in [1.807, 2.05) is 0 Å². The fraction of sp³-hybridized carbons (Fsp3) is 0.389. The zero-order chi connectivity index (χ0) is 34.4. The lowest BCUT2D eigenvalue weighted by atomic mass is 9.95. The van der Waals surface area contributed by atoms with Crippen LogP contribution in [0.4, 0.5) is 19.3 Å². The van der Waals surface area contributed by atoms with E-state index in [4.69, 9.17) is 14.2 Å². The van der Waals surface area contributed by atoms with Crippen LogP contribution in [0.25, 0.3) is 0 Å². The SMILES string of the molecule is CCC(=O)CCC(C(C)=O)N1Cc2ccc(COC(=O)Nc3ccc(Oc4ccc(F)c(F)c4)cc3)c(OC3CCC(O)CC3)c2C1=O. The summed E-state index contributed by atoms with van der Waals surface area (Å²) in [5, 5.41) is 12.6. The lowest BCUT2D eigenvalue weighted by molar-refractivity contribution is -0.122. The average molecular weight is 665 g/mol. The second-order valence-corrected chi connectivity index (χ2v) is 12.0. The van der Waals surface area contributed by atoms with Crippen LogP contribution in [0, 0.1) is 11.6 Å². The number of ketones is 2. The van der Waals surface area contributed by atoms with E-state index in [0.29, 0.717) is 60.2 Å². The Kier molecular flexibility index (Phi) is 11.0. The molecule has 0 bridgehead atoms. The molecule has 2 N–H and O–H groups in total. The molecule has 1 fully saturated rings. The predicted molar refractivity (Wildman–Crippen MR) is 171 cm³/mol. The van der Waals surface area contributed by atoms with Crippen molar-refractivity contribution in [3.05, 3.63) is 82.9 Å². The number of hydrogen-bond acceptors (Lipinski definition) is 8. The van der Waals surface area contributed by atoms with Gasteiger partial charge in [0.1, 0.15) is 29.6 Å². The Bertz CT molecular complexity index is 1670. The van der Waals surface area contributed by atoms with Gasteiger partial charge in [0.2, 0.25) is 0 Å². The van der Waals surface area contributed by atoms with Crippen LogP contribution in [0.15, 0.2) is 54.6 Å². The molecule has 3 aromatic rings. The number of carbonyl (C=O) groups excluding carboxylic acids is 4. The highest BCUT2D eigenvalue weighted by atomic mass is 19.2. The molecule has 1 atom stereocenters. The fourth-order valence-electron chi connectivity index (χ4n) is 5.89. The van der Waals surface area contributed by atoms with E-state index < -0.39 is 35.8 Å². The van der Waals surface area contributed by atoms with Gasteiger partial charge in [-0.15, -0.1) is 0 Å². The maximum atomic E-state index is 13.9. The molecule has 254 valence electrons. The van der Waals surface area contributed by atoms with Crippen molar-refractivity contribution in [3.8, 4) is 17.2 Å². The van der Waals surface area contributed by atoms with Crippen LogP contribution < -0.4 is 14.8 Å². The highest BCUT2D eigenvalue weighted by molar-refractivity contribution is 6.03. The Morgan fingerprint density at radius 1 is 0.979 bits per heavy atom. The van der Waals surface area contributed by atoms with Crippen LogP contribution in [0.2, 0.25) is 0 Å². The van der Waals surface area contributed by atoms with E-state index in [9.17, 15) is 33.1 Å². The number of hydrogen-bond donors (Lipinski definition) is 2. The van der Waals surface area contributed by atoms with Gasteiger partial charge in [0.05, 0.1) is 23.8 Å². The molecule has 2 aliphatic rings. The van der Waals surface area contributed by atoms with Crippen LogP contribution in [-0.2, 0) is 27.5 Å². The summed E-state index contributed by atoms with van der Waals surface area (Å²) in [5.41, 5.74) is 1.80. The van der Waals surface area contributed by atoms with E-state index in [-0.39, 0.29) is 55.2 Å². The van der Waals surface area contributed by atoms with Gasteiger partial charge in [-0.05, 0) is 81.0 Å². The first-order valence-corrected chi connectivity index (χ1v) is 16.0. The molecule has 1 aliphatic carbocycles. The lowest BCUT2D eigenvalue weighted by Crippen LogP contribution is -2.40. The number of fused-ring (bicyclic) bond motifs is 1. The third-order valence-corrected chi connectivity index (χ3v) is 8.59. The number of rotatable bonds is 13. The third-order valence-electron chi connectivity index (χ3n) is 8.59. The molecule has 0 spiro atoms.